The Bertz CT molecular complexity index is 1020. The maximum absolute atomic E-state index is 14.4. The van der Waals surface area contributed by atoms with Gasteiger partial charge in [-0.3, -0.25) is 4.79 Å². The largest absolute Gasteiger partial charge is 0.416 e. The van der Waals surface area contributed by atoms with Crippen molar-refractivity contribution in [1.82, 2.24) is 5.32 Å². The number of fused-ring (bicyclic) bond motifs is 3. The van der Waals surface area contributed by atoms with E-state index in [2.05, 4.69) is 5.32 Å². The quantitative estimate of drug-likeness (QED) is 0.713. The Hall–Kier alpha value is -2.77. The fourth-order valence-corrected chi connectivity index (χ4v) is 4.92. The van der Waals surface area contributed by atoms with E-state index in [1.54, 1.807) is 18.2 Å². The molecule has 1 saturated heterocycles. The SMILES string of the molecule is O=C(NCC1CC1)[C@H]1Cc2cc(C(F)(F)F)ccc2N2CCN(c3ccccc3F)C[C@H]12. The monoisotopic (exact) mass is 447 g/mol. The maximum Gasteiger partial charge on any atom is 0.416 e. The van der Waals surface area contributed by atoms with Crippen molar-refractivity contribution >= 4 is 17.3 Å². The molecule has 2 aromatic rings. The van der Waals surface area contributed by atoms with Crippen LogP contribution in [-0.2, 0) is 17.4 Å². The molecule has 2 fully saturated rings. The fourth-order valence-electron chi connectivity index (χ4n) is 4.92. The Labute approximate surface area is 184 Å². The highest BCUT2D eigenvalue weighted by Gasteiger charge is 2.43. The number of hydrogen-bond donors (Lipinski definition) is 1. The molecule has 2 aliphatic heterocycles. The summed E-state index contributed by atoms with van der Waals surface area (Å²) in [5.74, 6) is -0.449. The maximum atomic E-state index is 14.4. The lowest BCUT2D eigenvalue weighted by Gasteiger charge is -2.49. The smallest absolute Gasteiger partial charge is 0.365 e. The van der Waals surface area contributed by atoms with Crippen LogP contribution < -0.4 is 15.1 Å². The number of para-hydroxylation sites is 1. The van der Waals surface area contributed by atoms with Crippen molar-refractivity contribution in [3.63, 3.8) is 0 Å². The van der Waals surface area contributed by atoms with Crippen LogP contribution >= 0.6 is 0 Å². The molecule has 4 nitrogen and oxygen atoms in total. The third-order valence-corrected chi connectivity index (χ3v) is 6.83. The third-order valence-electron chi connectivity index (χ3n) is 6.83. The summed E-state index contributed by atoms with van der Waals surface area (Å²) in [6, 6.07) is 10.1. The highest BCUT2D eigenvalue weighted by molar-refractivity contribution is 5.82. The zero-order chi connectivity index (χ0) is 22.5. The first-order valence-electron chi connectivity index (χ1n) is 11.0. The van der Waals surface area contributed by atoms with E-state index < -0.39 is 17.7 Å². The summed E-state index contributed by atoms with van der Waals surface area (Å²) in [4.78, 5) is 17.1. The second-order valence-corrected chi connectivity index (χ2v) is 9.00. The van der Waals surface area contributed by atoms with Crippen molar-refractivity contribution in [2.75, 3.05) is 36.0 Å². The zero-order valence-corrected chi connectivity index (χ0v) is 17.5. The molecule has 0 aromatic heterocycles. The van der Waals surface area contributed by atoms with E-state index in [0.29, 0.717) is 43.3 Å². The van der Waals surface area contributed by atoms with Crippen LogP contribution in [0.1, 0.15) is 24.0 Å². The van der Waals surface area contributed by atoms with Crippen molar-refractivity contribution in [2.45, 2.75) is 31.5 Å². The summed E-state index contributed by atoms with van der Waals surface area (Å²) in [6.07, 6.45) is -2.00. The first-order chi connectivity index (χ1) is 15.3. The van der Waals surface area contributed by atoms with Gasteiger partial charge in [-0.05, 0) is 61.1 Å². The van der Waals surface area contributed by atoms with E-state index in [1.165, 1.54) is 18.2 Å². The lowest BCUT2D eigenvalue weighted by Crippen LogP contribution is -2.61. The molecule has 0 unspecified atom stereocenters. The Morgan fingerprint density at radius 2 is 1.84 bits per heavy atom. The Morgan fingerprint density at radius 3 is 2.56 bits per heavy atom. The predicted molar refractivity (Wildman–Crippen MR) is 114 cm³/mol. The van der Waals surface area contributed by atoms with Crippen LogP contribution in [0, 0.1) is 17.7 Å². The van der Waals surface area contributed by atoms with Gasteiger partial charge in [0.2, 0.25) is 5.91 Å². The number of anilines is 2. The number of amides is 1. The van der Waals surface area contributed by atoms with Gasteiger partial charge in [-0.1, -0.05) is 12.1 Å². The van der Waals surface area contributed by atoms with Gasteiger partial charge in [0.15, 0.2) is 0 Å². The molecule has 1 N–H and O–H groups in total. The number of halogens is 4. The van der Waals surface area contributed by atoms with E-state index in [1.807, 2.05) is 9.80 Å². The number of carbonyl (C=O) groups excluding carboxylic acids is 1. The van der Waals surface area contributed by atoms with E-state index >= 15 is 0 Å². The molecule has 2 atom stereocenters. The Morgan fingerprint density at radius 1 is 1.06 bits per heavy atom. The molecule has 2 heterocycles. The molecule has 8 heteroatoms. The summed E-state index contributed by atoms with van der Waals surface area (Å²) < 4.78 is 54.3. The van der Waals surface area contributed by atoms with Crippen molar-refractivity contribution in [3.8, 4) is 0 Å². The first-order valence-corrected chi connectivity index (χ1v) is 11.0. The normalized spacial score (nSPS) is 22.9. The lowest BCUT2D eigenvalue weighted by atomic mass is 9.82. The van der Waals surface area contributed by atoms with Gasteiger partial charge in [0.1, 0.15) is 5.82 Å². The first kappa shape index (κ1) is 21.1. The molecule has 0 spiro atoms. The number of benzene rings is 2. The van der Waals surface area contributed by atoms with Gasteiger partial charge in [-0.15, -0.1) is 0 Å². The molecule has 170 valence electrons. The summed E-state index contributed by atoms with van der Waals surface area (Å²) in [7, 11) is 0. The molecule has 5 rings (SSSR count). The average Bonchev–Trinajstić information content (AvgIpc) is 3.60. The van der Waals surface area contributed by atoms with Crippen LogP contribution in [0.2, 0.25) is 0 Å². The molecule has 2 aromatic carbocycles. The van der Waals surface area contributed by atoms with Gasteiger partial charge < -0.3 is 15.1 Å². The van der Waals surface area contributed by atoms with E-state index in [9.17, 15) is 22.4 Å². The predicted octanol–water partition coefficient (Wildman–Crippen LogP) is 4.24. The van der Waals surface area contributed by atoms with E-state index in [-0.39, 0.29) is 24.2 Å². The third kappa shape index (κ3) is 4.02. The number of hydrogen-bond acceptors (Lipinski definition) is 3. The summed E-state index contributed by atoms with van der Waals surface area (Å²) >= 11 is 0. The minimum atomic E-state index is -4.43. The average molecular weight is 447 g/mol. The Balaban J connectivity index is 1.46. The molecule has 1 aliphatic carbocycles. The Kier molecular flexibility index (Phi) is 5.26. The zero-order valence-electron chi connectivity index (χ0n) is 17.5. The van der Waals surface area contributed by atoms with Gasteiger partial charge in [-0.2, -0.15) is 13.2 Å². The number of piperazine rings is 1. The standard InChI is InChI=1S/C24H25F4N3O/c25-19-3-1-2-4-21(19)30-9-10-31-20-8-7-17(24(26,27)28)11-16(20)12-18(22(31)14-30)23(32)29-13-15-5-6-15/h1-4,7-8,11,15,18,22H,5-6,9-10,12-14H2,(H,29,32)/t18-,22+/m0/s1. The van der Waals surface area contributed by atoms with Crippen LogP contribution in [0.15, 0.2) is 42.5 Å². The van der Waals surface area contributed by atoms with Gasteiger partial charge in [-0.25, -0.2) is 4.39 Å². The second kappa shape index (κ2) is 7.98. The van der Waals surface area contributed by atoms with Crippen LogP contribution in [-0.4, -0.2) is 38.1 Å². The number of alkyl halides is 3. The van der Waals surface area contributed by atoms with Crippen molar-refractivity contribution in [1.29, 1.82) is 0 Å². The second-order valence-electron chi connectivity index (χ2n) is 9.00. The van der Waals surface area contributed by atoms with Crippen LogP contribution in [0.25, 0.3) is 0 Å². The van der Waals surface area contributed by atoms with Crippen molar-refractivity contribution in [2.24, 2.45) is 11.8 Å². The van der Waals surface area contributed by atoms with E-state index in [4.69, 9.17) is 0 Å². The van der Waals surface area contributed by atoms with Gasteiger partial charge >= 0.3 is 6.18 Å². The summed E-state index contributed by atoms with van der Waals surface area (Å²) in [5, 5.41) is 3.01. The number of nitrogens with one attached hydrogen (secondary N) is 1. The van der Waals surface area contributed by atoms with Crippen LogP contribution in [0.3, 0.4) is 0 Å². The molecule has 1 saturated carbocycles. The highest BCUT2D eigenvalue weighted by Crippen LogP contribution is 2.40. The molecular formula is C24H25F4N3O. The van der Waals surface area contributed by atoms with Gasteiger partial charge in [0, 0.05) is 31.9 Å². The number of rotatable bonds is 4. The number of nitrogens with zero attached hydrogens (tertiary/aromatic N) is 2. The van der Waals surface area contributed by atoms with Crippen molar-refractivity contribution < 1.29 is 22.4 Å². The fraction of sp³-hybridized carbons (Fsp3) is 0.458. The molecule has 0 radical (unpaired) electrons. The van der Waals surface area contributed by atoms with E-state index in [0.717, 1.165) is 24.6 Å². The summed E-state index contributed by atoms with van der Waals surface area (Å²) in [5.41, 5.74) is 1.07. The minimum Gasteiger partial charge on any atom is -0.365 e. The topological polar surface area (TPSA) is 35.6 Å². The molecule has 32 heavy (non-hydrogen) atoms. The lowest BCUT2D eigenvalue weighted by molar-refractivity contribution is -0.137. The van der Waals surface area contributed by atoms with Gasteiger partial charge in [0.25, 0.3) is 0 Å². The number of carbonyl (C=O) groups is 1. The minimum absolute atomic E-state index is 0.134. The van der Waals surface area contributed by atoms with Crippen LogP contribution in [0.5, 0.6) is 0 Å². The highest BCUT2D eigenvalue weighted by atomic mass is 19.4. The van der Waals surface area contributed by atoms with Crippen LogP contribution in [0.4, 0.5) is 28.9 Å². The van der Waals surface area contributed by atoms with Gasteiger partial charge in [0.05, 0.1) is 23.2 Å². The van der Waals surface area contributed by atoms with Crippen molar-refractivity contribution in [3.05, 3.63) is 59.4 Å². The molecular weight excluding hydrogens is 422 g/mol. The molecule has 1 amide bonds. The molecule has 0 bridgehead atoms. The molecule has 3 aliphatic rings. The summed E-state index contributed by atoms with van der Waals surface area (Å²) in [6.45, 7) is 2.06.